The van der Waals surface area contributed by atoms with E-state index in [4.69, 9.17) is 5.10 Å². The lowest BCUT2D eigenvalue weighted by Gasteiger charge is -2.29. The van der Waals surface area contributed by atoms with E-state index in [0.717, 1.165) is 27.7 Å². The lowest BCUT2D eigenvalue weighted by Crippen LogP contribution is -2.52. The standard InChI is InChI=1S/C28H24N4O3/c1-17-6-8-18(9-7-17)15-32-23-5-3-2-4-22(23)26(30-32)19-10-11-21-20(14-19)16-31(28(21)35)24-12-13-25(33)29-27(24)34/h2-11,14,24H,12-13,15-16H2,1H3,(H,29,33,34). The van der Waals surface area contributed by atoms with Crippen LogP contribution in [0.3, 0.4) is 0 Å². The lowest BCUT2D eigenvalue weighted by molar-refractivity contribution is -0.136. The molecule has 0 aliphatic carbocycles. The Morgan fingerprint density at radius 1 is 1.00 bits per heavy atom. The first kappa shape index (κ1) is 21.3. The molecule has 1 N–H and O–H groups in total. The number of hydrogen-bond acceptors (Lipinski definition) is 4. The van der Waals surface area contributed by atoms with Crippen LogP contribution in [0.5, 0.6) is 0 Å². The van der Waals surface area contributed by atoms with Crippen molar-refractivity contribution in [1.82, 2.24) is 20.0 Å². The van der Waals surface area contributed by atoms with E-state index >= 15 is 0 Å². The van der Waals surface area contributed by atoms with Crippen molar-refractivity contribution in [3.05, 3.63) is 89.0 Å². The van der Waals surface area contributed by atoms with Crippen LogP contribution >= 0.6 is 0 Å². The zero-order valence-corrected chi connectivity index (χ0v) is 19.3. The number of imide groups is 1. The molecule has 2 aliphatic heterocycles. The fraction of sp³-hybridized carbons (Fsp3) is 0.214. The van der Waals surface area contributed by atoms with E-state index in [2.05, 4.69) is 48.6 Å². The first-order valence-electron chi connectivity index (χ1n) is 11.8. The number of para-hydroxylation sites is 1. The van der Waals surface area contributed by atoms with E-state index in [-0.39, 0.29) is 18.2 Å². The number of amides is 3. The normalized spacial score (nSPS) is 17.7. The first-order valence-corrected chi connectivity index (χ1v) is 11.8. The molecule has 3 amide bonds. The molecule has 1 atom stereocenters. The van der Waals surface area contributed by atoms with Gasteiger partial charge < -0.3 is 4.90 Å². The van der Waals surface area contributed by atoms with Gasteiger partial charge in [-0.2, -0.15) is 5.10 Å². The largest absolute Gasteiger partial charge is 0.322 e. The van der Waals surface area contributed by atoms with Crippen molar-refractivity contribution in [1.29, 1.82) is 0 Å². The van der Waals surface area contributed by atoms with E-state index in [1.54, 1.807) is 4.90 Å². The molecule has 0 spiro atoms. The molecule has 7 nitrogen and oxygen atoms in total. The highest BCUT2D eigenvalue weighted by atomic mass is 16.2. The number of benzene rings is 3. The van der Waals surface area contributed by atoms with Gasteiger partial charge in [-0.3, -0.25) is 24.4 Å². The minimum atomic E-state index is -0.620. The SMILES string of the molecule is Cc1ccc(Cn2nc(-c3ccc4c(c3)CN(C3CCC(=O)NC3=O)C4=O)c3ccccc32)cc1. The van der Waals surface area contributed by atoms with Crippen molar-refractivity contribution >= 4 is 28.6 Å². The number of carbonyl (C=O) groups is 3. The zero-order chi connectivity index (χ0) is 24.1. The van der Waals surface area contributed by atoms with Crippen LogP contribution in [0.15, 0.2) is 66.7 Å². The second kappa shape index (κ2) is 8.20. The van der Waals surface area contributed by atoms with Crippen LogP contribution in [0.2, 0.25) is 0 Å². The number of nitrogens with one attached hydrogen (secondary N) is 1. The van der Waals surface area contributed by atoms with Crippen molar-refractivity contribution in [3.8, 4) is 11.3 Å². The third kappa shape index (κ3) is 3.69. The molecule has 174 valence electrons. The second-order valence-electron chi connectivity index (χ2n) is 9.28. The van der Waals surface area contributed by atoms with E-state index < -0.39 is 11.9 Å². The van der Waals surface area contributed by atoms with Gasteiger partial charge in [-0.05, 0) is 42.7 Å². The van der Waals surface area contributed by atoms with Crippen molar-refractivity contribution in [3.63, 3.8) is 0 Å². The van der Waals surface area contributed by atoms with Gasteiger partial charge in [0, 0.05) is 29.5 Å². The Labute approximate surface area is 202 Å². The summed E-state index contributed by atoms with van der Waals surface area (Å²) >= 11 is 0. The molecule has 35 heavy (non-hydrogen) atoms. The Morgan fingerprint density at radius 3 is 2.60 bits per heavy atom. The highest BCUT2D eigenvalue weighted by Gasteiger charge is 2.39. The quantitative estimate of drug-likeness (QED) is 0.466. The maximum atomic E-state index is 13.1. The Bertz CT molecular complexity index is 1500. The molecule has 0 bridgehead atoms. The molecule has 3 aromatic carbocycles. The topological polar surface area (TPSA) is 84.3 Å². The van der Waals surface area contributed by atoms with Crippen LogP contribution in [0.4, 0.5) is 0 Å². The molecule has 0 radical (unpaired) electrons. The van der Waals surface area contributed by atoms with Gasteiger partial charge in [0.05, 0.1) is 12.1 Å². The predicted octanol–water partition coefficient (Wildman–Crippen LogP) is 3.82. The Morgan fingerprint density at radius 2 is 1.80 bits per heavy atom. The van der Waals surface area contributed by atoms with Crippen LogP contribution < -0.4 is 5.32 Å². The average Bonchev–Trinajstić information content (AvgIpc) is 3.38. The average molecular weight is 465 g/mol. The highest BCUT2D eigenvalue weighted by Crippen LogP contribution is 2.34. The van der Waals surface area contributed by atoms with Gasteiger partial charge in [-0.25, -0.2) is 0 Å². The minimum absolute atomic E-state index is 0.171. The summed E-state index contributed by atoms with van der Waals surface area (Å²) in [4.78, 5) is 38.5. The number of aryl methyl sites for hydroxylation is 1. The third-order valence-electron chi connectivity index (χ3n) is 6.91. The minimum Gasteiger partial charge on any atom is -0.322 e. The number of aromatic nitrogens is 2. The number of piperidine rings is 1. The van der Waals surface area contributed by atoms with E-state index in [9.17, 15) is 14.4 Å². The summed E-state index contributed by atoms with van der Waals surface area (Å²) in [7, 11) is 0. The molecule has 6 rings (SSSR count). The fourth-order valence-electron chi connectivity index (χ4n) is 5.05. The van der Waals surface area contributed by atoms with Crippen LogP contribution in [-0.2, 0) is 22.7 Å². The van der Waals surface area contributed by atoms with Crippen LogP contribution in [0.25, 0.3) is 22.2 Å². The molecule has 1 aromatic heterocycles. The maximum absolute atomic E-state index is 13.1. The molecule has 1 saturated heterocycles. The predicted molar refractivity (Wildman–Crippen MR) is 131 cm³/mol. The van der Waals surface area contributed by atoms with Gasteiger partial charge in [-0.1, -0.05) is 54.1 Å². The summed E-state index contributed by atoms with van der Waals surface area (Å²) in [6.07, 6.45) is 0.595. The fourth-order valence-corrected chi connectivity index (χ4v) is 5.05. The van der Waals surface area contributed by atoms with Gasteiger partial charge in [0.1, 0.15) is 11.7 Å². The summed E-state index contributed by atoms with van der Waals surface area (Å²) in [6.45, 7) is 3.08. The number of carbonyl (C=O) groups excluding carboxylic acids is 3. The first-order chi connectivity index (χ1) is 17.0. The third-order valence-corrected chi connectivity index (χ3v) is 6.91. The van der Waals surface area contributed by atoms with Gasteiger partial charge in [0.15, 0.2) is 0 Å². The van der Waals surface area contributed by atoms with E-state index in [1.165, 1.54) is 11.1 Å². The number of nitrogens with zero attached hydrogens (tertiary/aromatic N) is 3. The van der Waals surface area contributed by atoms with Crippen LogP contribution in [-0.4, -0.2) is 38.4 Å². The molecular formula is C28H24N4O3. The molecule has 7 heteroatoms. The second-order valence-corrected chi connectivity index (χ2v) is 9.28. The monoisotopic (exact) mass is 464 g/mol. The van der Waals surface area contributed by atoms with Gasteiger partial charge in [0.2, 0.25) is 11.8 Å². The molecule has 3 heterocycles. The summed E-state index contributed by atoms with van der Waals surface area (Å²) in [5.41, 5.74) is 6.71. The molecule has 4 aromatic rings. The number of hydrogen-bond donors (Lipinski definition) is 1. The molecule has 2 aliphatic rings. The smallest absolute Gasteiger partial charge is 0.255 e. The van der Waals surface area contributed by atoms with Gasteiger partial charge >= 0.3 is 0 Å². The number of fused-ring (bicyclic) bond motifs is 2. The Balaban J connectivity index is 1.34. The van der Waals surface area contributed by atoms with Crippen molar-refractivity contribution in [2.45, 2.75) is 38.9 Å². The van der Waals surface area contributed by atoms with Crippen LogP contribution in [0.1, 0.15) is 39.9 Å². The summed E-state index contributed by atoms with van der Waals surface area (Å²) in [6, 6.07) is 21.7. The summed E-state index contributed by atoms with van der Waals surface area (Å²) in [5.74, 6) is -0.856. The molecule has 1 unspecified atom stereocenters. The van der Waals surface area contributed by atoms with Gasteiger partial charge in [-0.15, -0.1) is 0 Å². The summed E-state index contributed by atoms with van der Waals surface area (Å²) < 4.78 is 2.02. The molecule has 0 saturated carbocycles. The lowest BCUT2D eigenvalue weighted by atomic mass is 10.0. The van der Waals surface area contributed by atoms with Crippen molar-refractivity contribution in [2.24, 2.45) is 0 Å². The van der Waals surface area contributed by atoms with E-state index in [0.29, 0.717) is 25.1 Å². The van der Waals surface area contributed by atoms with Crippen LogP contribution in [0, 0.1) is 6.92 Å². The Kier molecular flexibility index (Phi) is 4.99. The Hall–Kier alpha value is -4.26. The molecule has 1 fully saturated rings. The van der Waals surface area contributed by atoms with Crippen molar-refractivity contribution < 1.29 is 14.4 Å². The van der Waals surface area contributed by atoms with Crippen molar-refractivity contribution in [2.75, 3.05) is 0 Å². The molecular weight excluding hydrogens is 440 g/mol. The maximum Gasteiger partial charge on any atom is 0.255 e. The van der Waals surface area contributed by atoms with Gasteiger partial charge in [0.25, 0.3) is 5.91 Å². The highest BCUT2D eigenvalue weighted by molar-refractivity contribution is 6.06. The zero-order valence-electron chi connectivity index (χ0n) is 19.3. The summed E-state index contributed by atoms with van der Waals surface area (Å²) in [5, 5.41) is 8.37. The van der Waals surface area contributed by atoms with E-state index in [1.807, 2.05) is 35.0 Å². The number of rotatable bonds is 4.